The first-order valence-electron chi connectivity index (χ1n) is 5.39. The molecule has 0 aromatic carbocycles. The Morgan fingerprint density at radius 3 is 2.88 bits per heavy atom. The maximum atomic E-state index is 11.7. The monoisotopic (exact) mass is 229 g/mol. The van der Waals surface area contributed by atoms with E-state index in [2.05, 4.69) is 10.6 Å². The number of amides is 2. The molecular weight excluding hydrogens is 210 g/mol. The summed E-state index contributed by atoms with van der Waals surface area (Å²) in [6.45, 7) is 2.12. The maximum Gasteiger partial charge on any atom is 0.239 e. The number of nitrogens with one attached hydrogen (secondary N) is 2. The summed E-state index contributed by atoms with van der Waals surface area (Å²) >= 11 is 0. The Labute approximate surface area is 95.3 Å². The van der Waals surface area contributed by atoms with Gasteiger partial charge in [0.1, 0.15) is 0 Å². The van der Waals surface area contributed by atoms with E-state index in [1.165, 1.54) is 4.90 Å². The summed E-state index contributed by atoms with van der Waals surface area (Å²) < 4.78 is 5.25. The van der Waals surface area contributed by atoms with Gasteiger partial charge in [0.05, 0.1) is 19.8 Å². The lowest BCUT2D eigenvalue weighted by Gasteiger charge is -2.25. The zero-order chi connectivity index (χ0) is 12.0. The Kier molecular flexibility index (Phi) is 5.21. The van der Waals surface area contributed by atoms with Gasteiger partial charge in [0, 0.05) is 33.1 Å². The molecule has 0 spiro atoms. The van der Waals surface area contributed by atoms with Crippen LogP contribution in [0.25, 0.3) is 0 Å². The van der Waals surface area contributed by atoms with E-state index in [1.807, 2.05) is 0 Å². The molecular formula is C10H19N3O3. The number of nitrogens with zero attached hydrogens (tertiary/aromatic N) is 1. The molecule has 0 bridgehead atoms. The molecule has 0 aliphatic carbocycles. The molecule has 1 heterocycles. The lowest BCUT2D eigenvalue weighted by molar-refractivity contribution is -0.135. The summed E-state index contributed by atoms with van der Waals surface area (Å²) in [7, 11) is 3.18. The molecule has 2 N–H and O–H groups in total. The van der Waals surface area contributed by atoms with E-state index in [0.29, 0.717) is 19.6 Å². The first-order valence-corrected chi connectivity index (χ1v) is 5.39. The Morgan fingerprint density at radius 1 is 1.56 bits per heavy atom. The second-order valence-electron chi connectivity index (χ2n) is 3.85. The van der Waals surface area contributed by atoms with Gasteiger partial charge in [0.25, 0.3) is 0 Å². The highest BCUT2D eigenvalue weighted by Gasteiger charge is 2.19. The molecule has 1 fully saturated rings. The fraction of sp³-hybridized carbons (Fsp3) is 0.800. The molecule has 1 unspecified atom stereocenters. The first-order chi connectivity index (χ1) is 7.63. The van der Waals surface area contributed by atoms with Crippen LogP contribution in [0.15, 0.2) is 0 Å². The smallest absolute Gasteiger partial charge is 0.239 e. The first kappa shape index (κ1) is 12.9. The molecule has 6 heteroatoms. The van der Waals surface area contributed by atoms with Gasteiger partial charge in [-0.15, -0.1) is 0 Å². The molecule has 1 saturated heterocycles. The fourth-order valence-corrected chi connectivity index (χ4v) is 1.50. The molecule has 0 aromatic rings. The van der Waals surface area contributed by atoms with Crippen molar-refractivity contribution in [1.29, 1.82) is 0 Å². The fourth-order valence-electron chi connectivity index (χ4n) is 1.50. The highest BCUT2D eigenvalue weighted by atomic mass is 16.5. The Hall–Kier alpha value is -1.14. The van der Waals surface area contributed by atoms with E-state index in [1.54, 1.807) is 14.1 Å². The van der Waals surface area contributed by atoms with Crippen molar-refractivity contribution < 1.29 is 14.3 Å². The van der Waals surface area contributed by atoms with Gasteiger partial charge in [-0.1, -0.05) is 0 Å². The van der Waals surface area contributed by atoms with Crippen LogP contribution in [0.3, 0.4) is 0 Å². The maximum absolute atomic E-state index is 11.7. The number of ether oxygens (including phenoxy) is 1. The predicted octanol–water partition coefficient (Wildman–Crippen LogP) is -1.43. The van der Waals surface area contributed by atoms with Crippen molar-refractivity contribution in [3.63, 3.8) is 0 Å². The Balaban J connectivity index is 2.29. The van der Waals surface area contributed by atoms with Gasteiger partial charge in [-0.2, -0.15) is 0 Å². The minimum absolute atomic E-state index is 0.0494. The van der Waals surface area contributed by atoms with E-state index in [0.717, 1.165) is 6.54 Å². The summed E-state index contributed by atoms with van der Waals surface area (Å²) in [5.41, 5.74) is 0. The van der Waals surface area contributed by atoms with Gasteiger partial charge in [-0.25, -0.2) is 0 Å². The van der Waals surface area contributed by atoms with E-state index >= 15 is 0 Å². The second-order valence-corrected chi connectivity index (χ2v) is 3.85. The summed E-state index contributed by atoms with van der Waals surface area (Å²) in [6.07, 6.45) is 0.369. The molecule has 1 aliphatic heterocycles. The number of hydrogen-bond acceptors (Lipinski definition) is 4. The lowest BCUT2D eigenvalue weighted by Crippen LogP contribution is -2.45. The zero-order valence-corrected chi connectivity index (χ0v) is 9.78. The number of rotatable bonds is 4. The zero-order valence-electron chi connectivity index (χ0n) is 9.78. The van der Waals surface area contributed by atoms with Crippen molar-refractivity contribution in [2.45, 2.75) is 12.5 Å². The van der Waals surface area contributed by atoms with Crippen LogP contribution in [0.2, 0.25) is 0 Å². The molecule has 1 atom stereocenters. The molecule has 0 saturated carbocycles. The van der Waals surface area contributed by atoms with Crippen LogP contribution in [-0.2, 0) is 14.3 Å². The van der Waals surface area contributed by atoms with Gasteiger partial charge < -0.3 is 20.3 Å². The third-order valence-corrected chi connectivity index (χ3v) is 2.50. The summed E-state index contributed by atoms with van der Waals surface area (Å²) in [5, 5.41) is 5.68. The third kappa shape index (κ3) is 4.16. The average Bonchev–Trinajstić information content (AvgIpc) is 2.30. The average molecular weight is 229 g/mol. The van der Waals surface area contributed by atoms with Crippen molar-refractivity contribution in [1.82, 2.24) is 15.5 Å². The number of morpholine rings is 1. The minimum atomic E-state index is -0.163. The normalized spacial score (nSPS) is 20.2. The topological polar surface area (TPSA) is 70.7 Å². The van der Waals surface area contributed by atoms with E-state index in [-0.39, 0.29) is 24.4 Å². The second kappa shape index (κ2) is 6.44. The van der Waals surface area contributed by atoms with Crippen LogP contribution >= 0.6 is 0 Å². The minimum Gasteiger partial charge on any atom is -0.378 e. The van der Waals surface area contributed by atoms with Crippen molar-refractivity contribution in [3.8, 4) is 0 Å². The molecule has 0 aromatic heterocycles. The number of hydrogen-bond donors (Lipinski definition) is 2. The van der Waals surface area contributed by atoms with Crippen molar-refractivity contribution in [3.05, 3.63) is 0 Å². The van der Waals surface area contributed by atoms with Gasteiger partial charge in [0.2, 0.25) is 11.8 Å². The third-order valence-electron chi connectivity index (χ3n) is 2.50. The molecule has 92 valence electrons. The van der Waals surface area contributed by atoms with Crippen LogP contribution < -0.4 is 10.6 Å². The molecule has 1 aliphatic rings. The predicted molar refractivity (Wildman–Crippen MR) is 58.9 cm³/mol. The van der Waals surface area contributed by atoms with E-state index < -0.39 is 0 Å². The van der Waals surface area contributed by atoms with Crippen LogP contribution in [0.1, 0.15) is 6.42 Å². The largest absolute Gasteiger partial charge is 0.378 e. The SMILES string of the molecule is CNC(=O)CN(C)C(=O)CC1COCCN1. The Bertz CT molecular complexity index is 252. The van der Waals surface area contributed by atoms with Crippen LogP contribution in [0.5, 0.6) is 0 Å². The van der Waals surface area contributed by atoms with E-state index in [9.17, 15) is 9.59 Å². The highest BCUT2D eigenvalue weighted by molar-refractivity contribution is 5.84. The molecule has 16 heavy (non-hydrogen) atoms. The van der Waals surface area contributed by atoms with Crippen LogP contribution in [0, 0.1) is 0 Å². The number of carbonyl (C=O) groups is 2. The number of likely N-dealkylation sites (N-methyl/N-ethyl adjacent to an activating group) is 2. The molecule has 6 nitrogen and oxygen atoms in total. The summed E-state index contributed by atoms with van der Waals surface area (Å²) in [6, 6.07) is 0.0633. The van der Waals surface area contributed by atoms with Gasteiger partial charge >= 0.3 is 0 Å². The van der Waals surface area contributed by atoms with Crippen molar-refractivity contribution >= 4 is 11.8 Å². The lowest BCUT2D eigenvalue weighted by atomic mass is 10.2. The van der Waals surface area contributed by atoms with Gasteiger partial charge in [-0.05, 0) is 0 Å². The molecule has 0 radical (unpaired) electrons. The van der Waals surface area contributed by atoms with Crippen LogP contribution in [0.4, 0.5) is 0 Å². The quantitative estimate of drug-likeness (QED) is 0.620. The molecule has 1 rings (SSSR count). The van der Waals surface area contributed by atoms with Crippen molar-refractivity contribution in [2.75, 3.05) is 40.4 Å². The number of carbonyl (C=O) groups excluding carboxylic acids is 2. The van der Waals surface area contributed by atoms with E-state index in [4.69, 9.17) is 4.74 Å². The van der Waals surface area contributed by atoms with Crippen LogP contribution in [-0.4, -0.2) is 63.2 Å². The standard InChI is InChI=1S/C10H19N3O3/c1-11-9(14)6-13(2)10(15)5-8-7-16-4-3-12-8/h8,12H,3-7H2,1-2H3,(H,11,14). The Morgan fingerprint density at radius 2 is 2.31 bits per heavy atom. The van der Waals surface area contributed by atoms with Gasteiger partial charge in [0.15, 0.2) is 0 Å². The summed E-state index contributed by atoms with van der Waals surface area (Å²) in [4.78, 5) is 24.2. The molecule has 2 amide bonds. The van der Waals surface area contributed by atoms with Crippen molar-refractivity contribution in [2.24, 2.45) is 0 Å². The van der Waals surface area contributed by atoms with Gasteiger partial charge in [-0.3, -0.25) is 9.59 Å². The highest BCUT2D eigenvalue weighted by Crippen LogP contribution is 2.01. The summed E-state index contributed by atoms with van der Waals surface area (Å²) in [5.74, 6) is -0.213.